The highest BCUT2D eigenvalue weighted by Crippen LogP contribution is 2.18. The van der Waals surface area contributed by atoms with E-state index in [-0.39, 0.29) is 0 Å². The number of methoxy groups -OCH3 is 1. The number of likely N-dealkylation sites (tertiary alicyclic amines) is 1. The van der Waals surface area contributed by atoms with Crippen molar-refractivity contribution in [2.45, 2.75) is 19.8 Å². The fourth-order valence-electron chi connectivity index (χ4n) is 2.36. The van der Waals surface area contributed by atoms with Crippen molar-refractivity contribution >= 4 is 5.82 Å². The third-order valence-corrected chi connectivity index (χ3v) is 3.70. The molecule has 1 aliphatic rings. The van der Waals surface area contributed by atoms with Gasteiger partial charge in [-0.15, -0.1) is 0 Å². The molecule has 0 unspecified atom stereocenters. The number of pyridine rings is 1. The first-order valence-corrected chi connectivity index (χ1v) is 6.78. The van der Waals surface area contributed by atoms with Crippen LogP contribution in [0.4, 0.5) is 5.82 Å². The average molecular weight is 249 g/mol. The van der Waals surface area contributed by atoms with Crippen LogP contribution < -0.4 is 10.1 Å². The Kier molecular flexibility index (Phi) is 4.81. The van der Waals surface area contributed by atoms with Crippen LogP contribution in [0.5, 0.6) is 5.75 Å². The zero-order valence-corrected chi connectivity index (χ0v) is 11.4. The highest BCUT2D eigenvalue weighted by molar-refractivity contribution is 5.37. The lowest BCUT2D eigenvalue weighted by atomic mass is 9.97. The monoisotopic (exact) mass is 249 g/mol. The van der Waals surface area contributed by atoms with E-state index in [1.54, 1.807) is 13.3 Å². The van der Waals surface area contributed by atoms with Gasteiger partial charge in [0.1, 0.15) is 11.6 Å². The molecule has 0 aliphatic carbocycles. The molecule has 18 heavy (non-hydrogen) atoms. The van der Waals surface area contributed by atoms with E-state index >= 15 is 0 Å². The van der Waals surface area contributed by atoms with Gasteiger partial charge in [0.05, 0.1) is 13.3 Å². The minimum absolute atomic E-state index is 0.775. The van der Waals surface area contributed by atoms with Gasteiger partial charge in [-0.2, -0.15) is 0 Å². The molecule has 1 aromatic heterocycles. The molecular weight excluding hydrogens is 226 g/mol. The van der Waals surface area contributed by atoms with Crippen LogP contribution in [-0.4, -0.2) is 43.2 Å². The molecule has 4 heteroatoms. The first-order chi connectivity index (χ1) is 8.81. The quantitative estimate of drug-likeness (QED) is 0.868. The Morgan fingerprint density at radius 3 is 2.72 bits per heavy atom. The van der Waals surface area contributed by atoms with Crippen LogP contribution in [0.15, 0.2) is 18.3 Å². The lowest BCUT2D eigenvalue weighted by molar-refractivity contribution is 0.198. The summed E-state index contributed by atoms with van der Waals surface area (Å²) >= 11 is 0. The van der Waals surface area contributed by atoms with Gasteiger partial charge in [0.2, 0.25) is 0 Å². The molecule has 0 bridgehead atoms. The maximum atomic E-state index is 5.09. The van der Waals surface area contributed by atoms with Crippen molar-refractivity contribution in [3.05, 3.63) is 18.3 Å². The van der Waals surface area contributed by atoms with E-state index in [0.717, 1.165) is 24.0 Å². The summed E-state index contributed by atoms with van der Waals surface area (Å²) in [7, 11) is 1.66. The number of piperidine rings is 1. The van der Waals surface area contributed by atoms with E-state index in [2.05, 4.69) is 22.1 Å². The predicted octanol–water partition coefficient (Wildman–Crippen LogP) is 2.23. The van der Waals surface area contributed by atoms with E-state index in [0.29, 0.717) is 0 Å². The van der Waals surface area contributed by atoms with Gasteiger partial charge < -0.3 is 15.0 Å². The summed E-state index contributed by atoms with van der Waals surface area (Å²) in [6.45, 7) is 6.91. The van der Waals surface area contributed by atoms with Crippen molar-refractivity contribution < 1.29 is 4.74 Å². The van der Waals surface area contributed by atoms with Crippen molar-refractivity contribution in [2.75, 3.05) is 38.6 Å². The first kappa shape index (κ1) is 13.1. The van der Waals surface area contributed by atoms with Gasteiger partial charge in [0.25, 0.3) is 0 Å². The van der Waals surface area contributed by atoms with Crippen LogP contribution in [0, 0.1) is 5.92 Å². The molecule has 1 aliphatic heterocycles. The normalized spacial score (nSPS) is 17.7. The molecule has 1 N–H and O–H groups in total. The Hall–Kier alpha value is -1.29. The van der Waals surface area contributed by atoms with E-state index < -0.39 is 0 Å². The van der Waals surface area contributed by atoms with Gasteiger partial charge >= 0.3 is 0 Å². The molecule has 1 fully saturated rings. The molecular formula is C14H23N3O. The smallest absolute Gasteiger partial charge is 0.137 e. The third-order valence-electron chi connectivity index (χ3n) is 3.70. The van der Waals surface area contributed by atoms with Crippen molar-refractivity contribution in [1.29, 1.82) is 0 Å². The summed E-state index contributed by atoms with van der Waals surface area (Å²) in [5, 5.41) is 3.41. The van der Waals surface area contributed by atoms with Crippen molar-refractivity contribution in [3.63, 3.8) is 0 Å². The van der Waals surface area contributed by atoms with Crippen LogP contribution in [0.1, 0.15) is 19.8 Å². The molecule has 0 aromatic carbocycles. The third kappa shape index (κ3) is 3.60. The van der Waals surface area contributed by atoms with Gasteiger partial charge in [-0.3, -0.25) is 0 Å². The molecule has 4 nitrogen and oxygen atoms in total. The van der Waals surface area contributed by atoms with E-state index in [4.69, 9.17) is 4.74 Å². The van der Waals surface area contributed by atoms with Crippen molar-refractivity contribution in [3.8, 4) is 5.75 Å². The Morgan fingerprint density at radius 2 is 2.17 bits per heavy atom. The Bertz CT molecular complexity index is 345. The number of nitrogens with one attached hydrogen (secondary N) is 1. The van der Waals surface area contributed by atoms with Gasteiger partial charge in [0, 0.05) is 6.54 Å². The maximum absolute atomic E-state index is 5.09. The number of aromatic nitrogens is 1. The average Bonchev–Trinajstić information content (AvgIpc) is 2.46. The molecule has 1 saturated heterocycles. The van der Waals surface area contributed by atoms with Crippen molar-refractivity contribution in [2.24, 2.45) is 5.92 Å². The van der Waals surface area contributed by atoms with Crippen LogP contribution in [-0.2, 0) is 0 Å². The number of hydrogen-bond donors (Lipinski definition) is 1. The van der Waals surface area contributed by atoms with Crippen molar-refractivity contribution in [1.82, 2.24) is 9.88 Å². The summed E-state index contributed by atoms with van der Waals surface area (Å²) < 4.78 is 5.09. The molecule has 0 radical (unpaired) electrons. The molecule has 0 spiro atoms. The Balaban J connectivity index is 1.74. The molecule has 0 saturated carbocycles. The fourth-order valence-corrected chi connectivity index (χ4v) is 2.36. The second-order valence-corrected chi connectivity index (χ2v) is 4.84. The van der Waals surface area contributed by atoms with Gasteiger partial charge in [0.15, 0.2) is 0 Å². The molecule has 2 heterocycles. The van der Waals surface area contributed by atoms with Gasteiger partial charge in [-0.25, -0.2) is 4.98 Å². The number of nitrogens with zero attached hydrogens (tertiary/aromatic N) is 2. The molecule has 2 rings (SSSR count). The maximum Gasteiger partial charge on any atom is 0.137 e. The van der Waals surface area contributed by atoms with Gasteiger partial charge in [-0.05, 0) is 50.5 Å². The minimum atomic E-state index is 0.775. The van der Waals surface area contributed by atoms with E-state index in [1.165, 1.54) is 32.5 Å². The largest absolute Gasteiger partial charge is 0.495 e. The predicted molar refractivity (Wildman–Crippen MR) is 74.1 cm³/mol. The van der Waals surface area contributed by atoms with Crippen LogP contribution in [0.3, 0.4) is 0 Å². The van der Waals surface area contributed by atoms with E-state index in [1.807, 2.05) is 12.1 Å². The Morgan fingerprint density at radius 1 is 1.39 bits per heavy atom. The molecule has 0 atom stereocenters. The van der Waals surface area contributed by atoms with E-state index in [9.17, 15) is 0 Å². The molecule has 1 aromatic rings. The number of anilines is 1. The Labute approximate surface area is 109 Å². The zero-order valence-electron chi connectivity index (χ0n) is 11.4. The summed E-state index contributed by atoms with van der Waals surface area (Å²) in [4.78, 5) is 6.83. The summed E-state index contributed by atoms with van der Waals surface area (Å²) in [5.74, 6) is 2.52. The highest BCUT2D eigenvalue weighted by Gasteiger charge is 2.17. The summed E-state index contributed by atoms with van der Waals surface area (Å²) in [5.41, 5.74) is 0. The standard InChI is InChI=1S/C14H23N3O/c1-3-17-8-6-12(7-9-17)10-15-14-5-4-13(18-2)11-16-14/h4-5,11-12H,3,6-10H2,1-2H3,(H,15,16). The number of rotatable bonds is 5. The topological polar surface area (TPSA) is 37.4 Å². The first-order valence-electron chi connectivity index (χ1n) is 6.78. The lowest BCUT2D eigenvalue weighted by Crippen LogP contribution is -2.35. The highest BCUT2D eigenvalue weighted by atomic mass is 16.5. The lowest BCUT2D eigenvalue weighted by Gasteiger charge is -2.31. The second kappa shape index (κ2) is 6.59. The fraction of sp³-hybridized carbons (Fsp3) is 0.643. The summed E-state index contributed by atoms with van der Waals surface area (Å²) in [6, 6.07) is 3.91. The second-order valence-electron chi connectivity index (χ2n) is 4.84. The zero-order chi connectivity index (χ0) is 12.8. The van der Waals surface area contributed by atoms with Crippen LogP contribution in [0.2, 0.25) is 0 Å². The van der Waals surface area contributed by atoms with Gasteiger partial charge in [-0.1, -0.05) is 6.92 Å². The number of ether oxygens (including phenoxy) is 1. The summed E-state index contributed by atoms with van der Waals surface area (Å²) in [6.07, 6.45) is 4.33. The van der Waals surface area contributed by atoms with Crippen LogP contribution in [0.25, 0.3) is 0 Å². The minimum Gasteiger partial charge on any atom is -0.495 e. The molecule has 100 valence electrons. The molecule has 0 amide bonds. The number of hydrogen-bond acceptors (Lipinski definition) is 4. The SMILES string of the molecule is CCN1CCC(CNc2ccc(OC)cn2)CC1. The van der Waals surface area contributed by atoms with Crippen LogP contribution >= 0.6 is 0 Å².